The molecule has 6 nitrogen and oxygen atoms in total. The van der Waals surface area contributed by atoms with E-state index in [0.717, 1.165) is 22.4 Å². The predicted octanol–water partition coefficient (Wildman–Crippen LogP) is 2.91. The van der Waals surface area contributed by atoms with Crippen molar-refractivity contribution in [3.63, 3.8) is 0 Å². The molecule has 2 aromatic carbocycles. The number of rotatable bonds is 4. The van der Waals surface area contributed by atoms with Gasteiger partial charge in [0.25, 0.3) is 0 Å². The van der Waals surface area contributed by atoms with Gasteiger partial charge in [-0.2, -0.15) is 0 Å². The van der Waals surface area contributed by atoms with Crippen LogP contribution in [0.25, 0.3) is 11.3 Å². The van der Waals surface area contributed by atoms with Gasteiger partial charge in [0.1, 0.15) is 18.9 Å². The first-order valence-electron chi connectivity index (χ1n) is 7.91. The van der Waals surface area contributed by atoms with Gasteiger partial charge in [-0.25, -0.2) is 4.68 Å². The Kier molecular flexibility index (Phi) is 4.29. The molecule has 0 unspecified atom stereocenters. The van der Waals surface area contributed by atoms with Crippen LogP contribution in [0.3, 0.4) is 0 Å². The monoisotopic (exact) mass is 357 g/mol. The molecular formula is C18H16ClN3O3. The van der Waals surface area contributed by atoms with E-state index in [9.17, 15) is 5.11 Å². The number of nitrogens with zero attached hydrogens (tertiary/aromatic N) is 3. The first-order chi connectivity index (χ1) is 12.2. The molecule has 0 amide bonds. The number of halogens is 1. The Labute approximate surface area is 149 Å². The van der Waals surface area contributed by atoms with Crippen LogP contribution in [0.4, 0.5) is 0 Å². The molecule has 7 heteroatoms. The van der Waals surface area contributed by atoms with Crippen molar-refractivity contribution in [1.29, 1.82) is 0 Å². The zero-order valence-corrected chi connectivity index (χ0v) is 14.1. The molecule has 1 N–H and O–H groups in total. The molecule has 1 aromatic heterocycles. The number of fused-ring (bicyclic) bond motifs is 1. The summed E-state index contributed by atoms with van der Waals surface area (Å²) in [5.74, 6) is 1.25. The van der Waals surface area contributed by atoms with Crippen LogP contribution >= 0.6 is 11.6 Å². The van der Waals surface area contributed by atoms with E-state index in [0.29, 0.717) is 36.3 Å². The minimum absolute atomic E-state index is 0.00231. The number of aromatic nitrogens is 3. The highest BCUT2D eigenvalue weighted by atomic mass is 35.5. The maximum atomic E-state index is 9.26. The minimum Gasteiger partial charge on any atom is -0.486 e. The highest BCUT2D eigenvalue weighted by Gasteiger charge is 2.17. The summed E-state index contributed by atoms with van der Waals surface area (Å²) in [7, 11) is 0. The topological polar surface area (TPSA) is 69.4 Å². The molecule has 0 saturated carbocycles. The molecule has 0 fully saturated rings. The van der Waals surface area contributed by atoms with Crippen molar-refractivity contribution in [2.24, 2.45) is 0 Å². The summed E-state index contributed by atoms with van der Waals surface area (Å²) in [6, 6.07) is 11.4. The fraction of sp³-hybridized carbons (Fsp3) is 0.222. The first kappa shape index (κ1) is 15.9. The quantitative estimate of drug-likeness (QED) is 0.777. The van der Waals surface area contributed by atoms with Crippen LogP contribution in [0.15, 0.2) is 42.6 Å². The average molecular weight is 358 g/mol. The second kappa shape index (κ2) is 6.74. The van der Waals surface area contributed by atoms with Crippen LogP contribution in [-0.2, 0) is 13.2 Å². The normalized spacial score (nSPS) is 13.0. The van der Waals surface area contributed by atoms with Crippen LogP contribution in [0.5, 0.6) is 11.5 Å². The van der Waals surface area contributed by atoms with Gasteiger partial charge < -0.3 is 14.6 Å². The van der Waals surface area contributed by atoms with Crippen LogP contribution in [0.1, 0.15) is 11.1 Å². The van der Waals surface area contributed by atoms with E-state index in [1.165, 1.54) is 0 Å². The number of aliphatic hydroxyl groups is 1. The number of hydrogen-bond acceptors (Lipinski definition) is 5. The van der Waals surface area contributed by atoms with Crippen molar-refractivity contribution in [3.05, 3.63) is 58.7 Å². The molecule has 4 rings (SSSR count). The van der Waals surface area contributed by atoms with Gasteiger partial charge in [0.05, 0.1) is 24.4 Å². The minimum atomic E-state index is -0.00231. The van der Waals surface area contributed by atoms with Gasteiger partial charge in [0.2, 0.25) is 0 Å². The standard InChI is InChI=1S/C18H16ClN3O3/c19-15-7-13(8-17-18(15)25-5-4-24-17)9-22-10-16(20-21-22)14-3-1-2-12(6-14)11-23/h1-3,6-8,10,23H,4-5,9,11H2. The SMILES string of the molecule is OCc1cccc(-c2cn(Cc3cc(Cl)c4c(c3)OCCO4)nn2)c1. The second-order valence-corrected chi connectivity index (χ2v) is 6.17. The van der Waals surface area contributed by atoms with Gasteiger partial charge in [0.15, 0.2) is 11.5 Å². The van der Waals surface area contributed by atoms with Crippen LogP contribution in [0.2, 0.25) is 5.02 Å². The molecule has 0 aliphatic carbocycles. The van der Waals surface area contributed by atoms with E-state index in [1.54, 1.807) is 4.68 Å². The Balaban J connectivity index is 1.58. The third kappa shape index (κ3) is 3.31. The molecule has 0 radical (unpaired) electrons. The van der Waals surface area contributed by atoms with Crippen molar-refractivity contribution in [2.75, 3.05) is 13.2 Å². The van der Waals surface area contributed by atoms with E-state index >= 15 is 0 Å². The molecular weight excluding hydrogens is 342 g/mol. The summed E-state index contributed by atoms with van der Waals surface area (Å²) in [5.41, 5.74) is 3.46. The summed E-state index contributed by atoms with van der Waals surface area (Å²) in [6.07, 6.45) is 1.86. The third-order valence-electron chi connectivity index (χ3n) is 3.95. The summed E-state index contributed by atoms with van der Waals surface area (Å²) < 4.78 is 12.9. The van der Waals surface area contributed by atoms with Crippen molar-refractivity contribution >= 4 is 11.6 Å². The fourth-order valence-corrected chi connectivity index (χ4v) is 3.07. The summed E-state index contributed by atoms with van der Waals surface area (Å²) in [5, 5.41) is 18.2. The molecule has 2 heterocycles. The molecule has 0 atom stereocenters. The van der Waals surface area contributed by atoms with Crippen molar-refractivity contribution in [1.82, 2.24) is 15.0 Å². The van der Waals surface area contributed by atoms with E-state index < -0.39 is 0 Å². The van der Waals surface area contributed by atoms with Gasteiger partial charge in [-0.1, -0.05) is 35.0 Å². The number of benzene rings is 2. The van der Waals surface area contributed by atoms with Crippen molar-refractivity contribution in [3.8, 4) is 22.8 Å². The largest absolute Gasteiger partial charge is 0.486 e. The number of ether oxygens (including phenoxy) is 2. The fourth-order valence-electron chi connectivity index (χ4n) is 2.78. The lowest BCUT2D eigenvalue weighted by Crippen LogP contribution is -2.16. The predicted molar refractivity (Wildman–Crippen MR) is 92.9 cm³/mol. The maximum Gasteiger partial charge on any atom is 0.179 e. The highest BCUT2D eigenvalue weighted by molar-refractivity contribution is 6.32. The van der Waals surface area contributed by atoms with Gasteiger partial charge in [-0.3, -0.25) is 0 Å². The smallest absolute Gasteiger partial charge is 0.179 e. The van der Waals surface area contributed by atoms with E-state index in [2.05, 4.69) is 10.3 Å². The molecule has 128 valence electrons. The Hall–Kier alpha value is -2.57. The Morgan fingerprint density at radius 1 is 1.12 bits per heavy atom. The molecule has 3 aromatic rings. The Morgan fingerprint density at radius 3 is 2.88 bits per heavy atom. The molecule has 0 bridgehead atoms. The van der Waals surface area contributed by atoms with E-state index in [4.69, 9.17) is 21.1 Å². The van der Waals surface area contributed by atoms with Crippen LogP contribution in [-0.4, -0.2) is 33.3 Å². The molecule has 0 saturated heterocycles. The van der Waals surface area contributed by atoms with Gasteiger partial charge >= 0.3 is 0 Å². The van der Waals surface area contributed by atoms with Crippen LogP contribution < -0.4 is 9.47 Å². The molecule has 0 spiro atoms. The Bertz CT molecular complexity index is 910. The summed E-state index contributed by atoms with van der Waals surface area (Å²) in [6.45, 7) is 1.54. The zero-order valence-electron chi connectivity index (χ0n) is 13.4. The Morgan fingerprint density at radius 2 is 2.00 bits per heavy atom. The molecule has 1 aliphatic rings. The molecule has 1 aliphatic heterocycles. The number of hydrogen-bond donors (Lipinski definition) is 1. The van der Waals surface area contributed by atoms with Gasteiger partial charge in [-0.05, 0) is 29.3 Å². The average Bonchev–Trinajstić information content (AvgIpc) is 3.10. The van der Waals surface area contributed by atoms with Crippen molar-refractivity contribution in [2.45, 2.75) is 13.2 Å². The molecule has 25 heavy (non-hydrogen) atoms. The van der Waals surface area contributed by atoms with Gasteiger partial charge in [-0.15, -0.1) is 5.10 Å². The van der Waals surface area contributed by atoms with E-state index in [1.807, 2.05) is 42.6 Å². The number of aliphatic hydroxyl groups excluding tert-OH is 1. The van der Waals surface area contributed by atoms with E-state index in [-0.39, 0.29) is 6.61 Å². The lowest BCUT2D eigenvalue weighted by atomic mass is 10.1. The van der Waals surface area contributed by atoms with Gasteiger partial charge in [0, 0.05) is 5.56 Å². The third-order valence-corrected chi connectivity index (χ3v) is 4.23. The lowest BCUT2D eigenvalue weighted by Gasteiger charge is -2.20. The zero-order chi connectivity index (χ0) is 17.2. The summed E-state index contributed by atoms with van der Waals surface area (Å²) in [4.78, 5) is 0. The maximum absolute atomic E-state index is 9.26. The first-order valence-corrected chi connectivity index (χ1v) is 8.29. The summed E-state index contributed by atoms with van der Waals surface area (Å²) >= 11 is 6.27. The van der Waals surface area contributed by atoms with Crippen molar-refractivity contribution < 1.29 is 14.6 Å². The highest BCUT2D eigenvalue weighted by Crippen LogP contribution is 2.38. The van der Waals surface area contributed by atoms with Crippen LogP contribution in [0, 0.1) is 0 Å². The second-order valence-electron chi connectivity index (χ2n) is 5.76. The lowest BCUT2D eigenvalue weighted by molar-refractivity contribution is 0.171.